The summed E-state index contributed by atoms with van der Waals surface area (Å²) >= 11 is 4.44. The van der Waals surface area contributed by atoms with Gasteiger partial charge in [-0.1, -0.05) is 254 Å². The van der Waals surface area contributed by atoms with E-state index in [0.29, 0.717) is 21.2 Å². The molecular formula is C77H64Cl3F9N6O16P4Sn. The van der Waals surface area contributed by atoms with Crippen molar-refractivity contribution < 1.29 is 98.6 Å². The molecule has 0 bridgehead atoms. The summed E-state index contributed by atoms with van der Waals surface area (Å²) in [7, 11) is -1.86. The van der Waals surface area contributed by atoms with Crippen LogP contribution in [0.25, 0.3) is 0 Å². The van der Waals surface area contributed by atoms with Gasteiger partial charge >= 0.3 is 55.3 Å². The van der Waals surface area contributed by atoms with E-state index < -0.39 is 136 Å². The number of aromatic hydroxyl groups is 2. The second kappa shape index (κ2) is 42.9. The van der Waals surface area contributed by atoms with Crippen LogP contribution in [0.3, 0.4) is 0 Å². The van der Waals surface area contributed by atoms with E-state index in [2.05, 4.69) is 48.5 Å². The van der Waals surface area contributed by atoms with E-state index in [4.69, 9.17) is 45.4 Å². The van der Waals surface area contributed by atoms with Crippen LogP contribution in [0.5, 0.6) is 11.5 Å². The van der Waals surface area contributed by atoms with Crippen molar-refractivity contribution in [3.8, 4) is 11.5 Å². The molecule has 0 saturated heterocycles. The zero-order chi connectivity index (χ0) is 83.9. The van der Waals surface area contributed by atoms with Gasteiger partial charge < -0.3 is 50.9 Å². The molecule has 12 aromatic rings. The number of nitrogens with zero attached hydrogens (tertiary/aromatic N) is 4. The fourth-order valence-electron chi connectivity index (χ4n) is 11.0. The van der Waals surface area contributed by atoms with Crippen LogP contribution in [0.15, 0.2) is 297 Å². The van der Waals surface area contributed by atoms with E-state index in [1.54, 1.807) is 97.1 Å². The van der Waals surface area contributed by atoms with Gasteiger partial charge in [-0.25, -0.2) is 0 Å². The number of benzene rings is 12. The summed E-state index contributed by atoms with van der Waals surface area (Å²) in [5, 5.41) is 67.3. The summed E-state index contributed by atoms with van der Waals surface area (Å²) in [6.45, 7) is 2.79. The van der Waals surface area contributed by atoms with Gasteiger partial charge in [-0.15, -0.1) is 0 Å². The van der Waals surface area contributed by atoms with Gasteiger partial charge in [0.2, 0.25) is 0 Å². The van der Waals surface area contributed by atoms with Crippen LogP contribution in [0.1, 0.15) is 23.6 Å². The van der Waals surface area contributed by atoms with Crippen molar-refractivity contribution in [2.24, 2.45) is 0 Å². The van der Waals surface area contributed by atoms with E-state index in [-0.39, 0.29) is 79.3 Å². The maximum absolute atomic E-state index is 14.3. The third kappa shape index (κ3) is 23.8. The number of phenolic OH excluding ortho intramolecular Hbond substituents is 2. The molecule has 22 nitrogen and oxygen atoms in total. The van der Waals surface area contributed by atoms with Crippen molar-refractivity contribution in [1.82, 2.24) is 0 Å². The van der Waals surface area contributed by atoms with Gasteiger partial charge in [0.1, 0.15) is 11.5 Å². The molecule has 116 heavy (non-hydrogen) atoms. The Morgan fingerprint density at radius 2 is 0.638 bits per heavy atom. The fourth-order valence-corrected chi connectivity index (χ4v) is 21.5. The number of hydrogen-bond donors (Lipinski definition) is 4. The molecule has 0 saturated carbocycles. The third-order valence-corrected chi connectivity index (χ3v) is 27.8. The van der Waals surface area contributed by atoms with Gasteiger partial charge in [0.25, 0.3) is 22.7 Å². The molecule has 0 atom stereocenters. The average Bonchev–Trinajstić information content (AvgIpc) is 0.740. The van der Waals surface area contributed by atoms with Crippen LogP contribution in [0, 0.1) is 40.5 Å². The molecule has 12 aromatic carbocycles. The number of nitro benzene ring substituents is 4. The number of hydrogen-bond acceptors (Lipinski definition) is 16. The standard InChI is InChI=1S/C19H12F3N2O5P.C19H16F3N2OP.C18H15O3P.C14H15OP.C7H2ClF3N2O4.2ClH.2H2O.Sn/c20-19(21,22)13-11-16(23(25)26)18(17(12-13)24(27)28)30(29,14-7-3-1-4-8-14)15-9-5-2-6-10-15;20-19(21,22)13-11-16(23)18(17(24)12-13)26(25,14-7-3-1-4-8-14)15-9-5-2-6-10-15;19-14-11-12-17(20)18(13-14)22(21,15-7-3-1-4-8-15)16-9-5-2-6-10-16;1-2-15-16(13-9-5-3-6-10-13)14-11-7-4-8-12-14;8-6-4(12(14)15)1-3(7(9,10)11)2-5(6)13(16)17;;;;;/h1-12H;1-12H,23-24H2;1-13,19-20H;3-12H,2H2,1H3;1-2H;2*1H;2*1H2;/q;;;;;;;;;+2/p-2. The van der Waals surface area contributed by atoms with Crippen molar-refractivity contribution in [2.75, 3.05) is 18.1 Å². The van der Waals surface area contributed by atoms with Crippen LogP contribution < -0.4 is 69.8 Å². The first-order valence-electron chi connectivity index (χ1n) is 32.6. The first-order chi connectivity index (χ1) is 53.9. The van der Waals surface area contributed by atoms with Crippen LogP contribution in [-0.4, -0.2) is 66.4 Å². The number of nitrogen functional groups attached to an aromatic ring is 2. The molecule has 2 radical (unpaired) electrons. The van der Waals surface area contributed by atoms with Gasteiger partial charge in [0.15, 0.2) is 31.8 Å². The molecule has 0 heterocycles. The second-order valence-corrected chi connectivity index (χ2v) is 37.8. The summed E-state index contributed by atoms with van der Waals surface area (Å²) in [5.74, 6) is -0.117. The number of nitro groups is 4. The Balaban J connectivity index is 0.000000260. The number of anilines is 2. The van der Waals surface area contributed by atoms with Crippen molar-refractivity contribution in [2.45, 2.75) is 25.5 Å². The molecule has 0 spiro atoms. The van der Waals surface area contributed by atoms with E-state index in [1.165, 1.54) is 77.3 Å². The molecule has 0 fully saturated rings. The molecule has 0 aliphatic heterocycles. The number of rotatable bonds is 17. The van der Waals surface area contributed by atoms with Gasteiger partial charge in [0.05, 0.1) is 55.1 Å². The quantitative estimate of drug-likeness (QED) is 0.0125. The number of nitrogens with two attached hydrogens (primary N) is 2. The monoisotopic (exact) mass is 1850 g/mol. The van der Waals surface area contributed by atoms with E-state index in [0.717, 1.165) is 18.7 Å². The maximum atomic E-state index is 14.3. The summed E-state index contributed by atoms with van der Waals surface area (Å²) < 4.78 is 164. The first kappa shape index (κ1) is 96.1. The van der Waals surface area contributed by atoms with Crippen LogP contribution in [0.2, 0.25) is 5.02 Å². The summed E-state index contributed by atoms with van der Waals surface area (Å²) in [6.07, 6.45) is -14.6. The van der Waals surface area contributed by atoms with Crippen molar-refractivity contribution in [3.05, 3.63) is 359 Å². The number of phenols is 2. The molecule has 0 aliphatic rings. The minimum absolute atomic E-state index is 0. The Hall–Kier alpha value is -10.5. The molecule has 0 unspecified atom stereocenters. The first-order valence-corrected chi connectivity index (χ1v) is 46.6. The van der Waals surface area contributed by atoms with Gasteiger partial charge in [-0.05, 0) is 37.3 Å². The molecule has 0 aliphatic carbocycles. The fraction of sp³-hybridized carbons (Fsp3) is 0.0649. The van der Waals surface area contributed by atoms with Crippen molar-refractivity contribution in [1.29, 1.82) is 0 Å². The van der Waals surface area contributed by atoms with Gasteiger partial charge in [-0.3, -0.25) is 40.5 Å². The van der Waals surface area contributed by atoms with Gasteiger partial charge in [-0.2, -0.15) is 39.5 Å². The topological polar surface area (TPSA) is 388 Å². The van der Waals surface area contributed by atoms with Crippen LogP contribution in [-0.2, 0) is 36.7 Å². The Bertz CT molecular complexity index is 5200. The van der Waals surface area contributed by atoms with Crippen molar-refractivity contribution in [3.63, 3.8) is 0 Å². The summed E-state index contributed by atoms with van der Waals surface area (Å²) in [6, 6.07) is 76.7. The SMILES string of the molecule is CCOP(c1ccccc1)c1ccccc1.Nc1cc(C(F)(F)F)cc(N)c1P(=O)(c1ccccc1)c1ccccc1.O.O.O=P(c1ccccc1)(c1ccccc1)c1cc(O)ccc1O.O=[N+]([O-])c1cc(C(F)(F)F)cc([N+](=O)[O-])c1Cl.O=[N+]([O-])c1cc(C(F)(F)F)cc([N+](=O)[O-])c1P(=O)(c1ccccc1)c1ccccc1.[Cl][Sn][Cl]. The van der Waals surface area contributed by atoms with Gasteiger partial charge in [0, 0.05) is 84.7 Å². The molecular weight excluding hydrogens is 1780 g/mol. The molecule has 606 valence electrons. The molecule has 12 rings (SSSR count). The van der Waals surface area contributed by atoms with Crippen LogP contribution >= 0.6 is 59.0 Å². The minimum atomic E-state index is -5.07. The second-order valence-electron chi connectivity index (χ2n) is 23.2. The molecule has 0 amide bonds. The zero-order valence-electron chi connectivity index (χ0n) is 59.6. The van der Waals surface area contributed by atoms with E-state index in [1.807, 2.05) is 55.5 Å². The predicted octanol–water partition coefficient (Wildman–Crippen LogP) is 16.0. The van der Waals surface area contributed by atoms with Crippen LogP contribution in [0.4, 0.5) is 73.6 Å². The Morgan fingerprint density at radius 1 is 0.397 bits per heavy atom. The molecule has 0 aromatic heterocycles. The number of alkyl halides is 9. The number of halogens is 12. The molecule has 10 N–H and O–H groups in total. The van der Waals surface area contributed by atoms with E-state index >= 15 is 0 Å². The predicted molar refractivity (Wildman–Crippen MR) is 438 cm³/mol. The zero-order valence-corrected chi connectivity index (χ0v) is 68.3. The normalized spacial score (nSPS) is 11.2. The Kier molecular flexibility index (Phi) is 35.5. The summed E-state index contributed by atoms with van der Waals surface area (Å²) in [4.78, 5) is 39.4. The van der Waals surface area contributed by atoms with Crippen molar-refractivity contribution >= 4 is 170 Å². The summed E-state index contributed by atoms with van der Waals surface area (Å²) in [5.41, 5.74) is 2.55. The Morgan fingerprint density at radius 3 is 0.897 bits per heavy atom. The molecule has 39 heteroatoms. The van der Waals surface area contributed by atoms with E-state index in [9.17, 15) is 104 Å². The average molecular weight is 1850 g/mol. The third-order valence-electron chi connectivity index (χ3n) is 15.9. The Labute approximate surface area is 679 Å².